The lowest BCUT2D eigenvalue weighted by molar-refractivity contribution is -0.139. The highest BCUT2D eigenvalue weighted by Gasteiger charge is 2.13. The molecule has 0 atom stereocenters. The molecule has 0 bridgehead atoms. The number of anilines is 1. The second kappa shape index (κ2) is 9.99. The minimum absolute atomic E-state index is 0.212. The largest absolute Gasteiger partial charge is 0.468 e. The van der Waals surface area contributed by atoms with Crippen molar-refractivity contribution in [3.05, 3.63) is 82.0 Å². The standard InChI is InChI=1S/C23H20BrN3O4/c1-14-19(10-11-20(26-14)16-4-3-5-17(24)12-16)23(30)27-18-8-6-15(7-9-18)22(29)25-13-21(28)31-2/h3-12H,13H2,1-2H3,(H,25,29)(H,27,30). The molecule has 2 N–H and O–H groups in total. The molecule has 0 spiro atoms. The average Bonchev–Trinajstić information content (AvgIpc) is 2.77. The second-order valence-electron chi connectivity index (χ2n) is 6.63. The van der Waals surface area contributed by atoms with Crippen LogP contribution in [0.15, 0.2) is 65.1 Å². The van der Waals surface area contributed by atoms with Gasteiger partial charge in [0.25, 0.3) is 11.8 Å². The van der Waals surface area contributed by atoms with Crippen LogP contribution in [0, 0.1) is 6.92 Å². The number of carbonyl (C=O) groups excluding carboxylic acids is 3. The molecule has 0 aliphatic carbocycles. The number of nitrogens with one attached hydrogen (secondary N) is 2. The van der Waals surface area contributed by atoms with Crippen LogP contribution in [0.25, 0.3) is 11.3 Å². The number of ether oxygens (including phenoxy) is 1. The quantitative estimate of drug-likeness (QED) is 0.519. The molecule has 0 fully saturated rings. The third kappa shape index (κ3) is 5.76. The molecule has 158 valence electrons. The number of halogens is 1. The number of carbonyl (C=O) groups is 3. The number of benzene rings is 2. The maximum Gasteiger partial charge on any atom is 0.325 e. The van der Waals surface area contributed by atoms with Crippen LogP contribution in [0.4, 0.5) is 5.69 Å². The van der Waals surface area contributed by atoms with Crippen molar-refractivity contribution in [2.24, 2.45) is 0 Å². The molecule has 2 amide bonds. The monoisotopic (exact) mass is 481 g/mol. The predicted molar refractivity (Wildman–Crippen MR) is 121 cm³/mol. The maximum absolute atomic E-state index is 12.7. The third-order valence-electron chi connectivity index (χ3n) is 4.48. The van der Waals surface area contributed by atoms with E-state index in [4.69, 9.17) is 0 Å². The highest BCUT2D eigenvalue weighted by atomic mass is 79.9. The second-order valence-corrected chi connectivity index (χ2v) is 7.55. The number of amides is 2. The molecule has 0 radical (unpaired) electrons. The Morgan fingerprint density at radius 3 is 2.39 bits per heavy atom. The van der Waals surface area contributed by atoms with Crippen molar-refractivity contribution < 1.29 is 19.1 Å². The number of pyridine rings is 1. The lowest BCUT2D eigenvalue weighted by Crippen LogP contribution is -2.30. The van der Waals surface area contributed by atoms with Gasteiger partial charge in [-0.25, -0.2) is 0 Å². The summed E-state index contributed by atoms with van der Waals surface area (Å²) in [5, 5.41) is 5.25. The zero-order valence-corrected chi connectivity index (χ0v) is 18.5. The molecule has 0 aliphatic heterocycles. The van der Waals surface area contributed by atoms with Gasteiger partial charge in [0.1, 0.15) is 6.54 Å². The Bertz CT molecular complexity index is 1130. The van der Waals surface area contributed by atoms with E-state index >= 15 is 0 Å². The Labute approximate surface area is 188 Å². The fraction of sp³-hybridized carbons (Fsp3) is 0.130. The Balaban J connectivity index is 1.67. The molecule has 0 unspecified atom stereocenters. The lowest BCUT2D eigenvalue weighted by Gasteiger charge is -2.10. The summed E-state index contributed by atoms with van der Waals surface area (Å²) in [6, 6.07) is 17.7. The summed E-state index contributed by atoms with van der Waals surface area (Å²) in [7, 11) is 1.25. The van der Waals surface area contributed by atoms with Gasteiger partial charge in [-0.05, 0) is 55.5 Å². The number of rotatable bonds is 6. The van der Waals surface area contributed by atoms with Crippen molar-refractivity contribution in [3.63, 3.8) is 0 Å². The topological polar surface area (TPSA) is 97.4 Å². The van der Waals surface area contributed by atoms with E-state index in [0.717, 1.165) is 15.7 Å². The predicted octanol–water partition coefficient (Wildman–Crippen LogP) is 3.97. The van der Waals surface area contributed by atoms with Crippen LogP contribution in [0.3, 0.4) is 0 Å². The first-order chi connectivity index (χ1) is 14.9. The zero-order chi connectivity index (χ0) is 22.4. The van der Waals surface area contributed by atoms with Crippen molar-refractivity contribution in [1.29, 1.82) is 0 Å². The van der Waals surface area contributed by atoms with E-state index in [0.29, 0.717) is 22.5 Å². The number of esters is 1. The van der Waals surface area contributed by atoms with Gasteiger partial charge in [0, 0.05) is 21.3 Å². The van der Waals surface area contributed by atoms with Gasteiger partial charge < -0.3 is 15.4 Å². The Hall–Kier alpha value is -3.52. The minimum Gasteiger partial charge on any atom is -0.468 e. The summed E-state index contributed by atoms with van der Waals surface area (Å²) in [6.07, 6.45) is 0. The summed E-state index contributed by atoms with van der Waals surface area (Å²) >= 11 is 3.45. The van der Waals surface area contributed by atoms with Gasteiger partial charge in [-0.1, -0.05) is 28.1 Å². The van der Waals surface area contributed by atoms with E-state index in [1.165, 1.54) is 7.11 Å². The third-order valence-corrected chi connectivity index (χ3v) is 4.97. The Morgan fingerprint density at radius 2 is 1.74 bits per heavy atom. The van der Waals surface area contributed by atoms with Gasteiger partial charge >= 0.3 is 5.97 Å². The molecule has 3 rings (SSSR count). The van der Waals surface area contributed by atoms with Crippen molar-refractivity contribution in [2.75, 3.05) is 19.0 Å². The van der Waals surface area contributed by atoms with Crippen LogP contribution in [0.5, 0.6) is 0 Å². The highest BCUT2D eigenvalue weighted by Crippen LogP contribution is 2.23. The van der Waals surface area contributed by atoms with Crippen molar-refractivity contribution in [1.82, 2.24) is 10.3 Å². The fourth-order valence-corrected chi connectivity index (χ4v) is 3.24. The number of hydrogen-bond acceptors (Lipinski definition) is 5. The van der Waals surface area contributed by atoms with Crippen LogP contribution >= 0.6 is 15.9 Å². The van der Waals surface area contributed by atoms with Crippen LogP contribution < -0.4 is 10.6 Å². The molecule has 31 heavy (non-hydrogen) atoms. The van der Waals surface area contributed by atoms with Gasteiger partial charge in [-0.3, -0.25) is 19.4 Å². The average molecular weight is 482 g/mol. The Kier molecular flexibility index (Phi) is 7.15. The molecule has 0 aliphatic rings. The first kappa shape index (κ1) is 22.2. The van der Waals surface area contributed by atoms with Gasteiger partial charge in [-0.2, -0.15) is 0 Å². The summed E-state index contributed by atoms with van der Waals surface area (Å²) in [5.74, 6) is -1.24. The SMILES string of the molecule is COC(=O)CNC(=O)c1ccc(NC(=O)c2ccc(-c3cccc(Br)c3)nc2C)cc1. The molecule has 3 aromatic rings. The van der Waals surface area contributed by atoms with E-state index < -0.39 is 11.9 Å². The summed E-state index contributed by atoms with van der Waals surface area (Å²) in [5.41, 5.74) is 3.68. The van der Waals surface area contributed by atoms with Crippen molar-refractivity contribution >= 4 is 39.4 Å². The summed E-state index contributed by atoms with van der Waals surface area (Å²) in [6.45, 7) is 1.57. The zero-order valence-electron chi connectivity index (χ0n) is 16.9. The first-order valence-corrected chi connectivity index (χ1v) is 10.2. The molecule has 1 heterocycles. The van der Waals surface area contributed by atoms with E-state index in [-0.39, 0.29) is 12.5 Å². The number of nitrogens with zero attached hydrogens (tertiary/aromatic N) is 1. The van der Waals surface area contributed by atoms with E-state index in [1.54, 1.807) is 43.3 Å². The number of aromatic nitrogens is 1. The van der Waals surface area contributed by atoms with Crippen molar-refractivity contribution in [3.8, 4) is 11.3 Å². The van der Waals surface area contributed by atoms with Crippen molar-refractivity contribution in [2.45, 2.75) is 6.92 Å². The molecule has 1 aromatic heterocycles. The van der Waals surface area contributed by atoms with Crippen LogP contribution in [0.2, 0.25) is 0 Å². The highest BCUT2D eigenvalue weighted by molar-refractivity contribution is 9.10. The molecule has 7 nitrogen and oxygen atoms in total. The molecule has 0 saturated carbocycles. The normalized spacial score (nSPS) is 10.3. The van der Waals surface area contributed by atoms with Gasteiger partial charge in [0.05, 0.1) is 24.1 Å². The van der Waals surface area contributed by atoms with E-state index in [2.05, 4.69) is 36.3 Å². The summed E-state index contributed by atoms with van der Waals surface area (Å²) < 4.78 is 5.43. The van der Waals surface area contributed by atoms with Crippen LogP contribution in [-0.2, 0) is 9.53 Å². The number of aryl methyl sites for hydroxylation is 1. The van der Waals surface area contributed by atoms with Gasteiger partial charge in [-0.15, -0.1) is 0 Å². The smallest absolute Gasteiger partial charge is 0.325 e. The minimum atomic E-state index is -0.535. The molecular weight excluding hydrogens is 462 g/mol. The first-order valence-electron chi connectivity index (χ1n) is 9.37. The lowest BCUT2D eigenvalue weighted by atomic mass is 10.1. The fourth-order valence-electron chi connectivity index (χ4n) is 2.84. The summed E-state index contributed by atoms with van der Waals surface area (Å²) in [4.78, 5) is 40.4. The van der Waals surface area contributed by atoms with E-state index in [9.17, 15) is 14.4 Å². The molecule has 8 heteroatoms. The van der Waals surface area contributed by atoms with Gasteiger partial charge in [0.2, 0.25) is 0 Å². The maximum atomic E-state index is 12.7. The van der Waals surface area contributed by atoms with Crippen LogP contribution in [-0.4, -0.2) is 36.4 Å². The number of hydrogen-bond donors (Lipinski definition) is 2. The molecule has 2 aromatic carbocycles. The van der Waals surface area contributed by atoms with Crippen LogP contribution in [0.1, 0.15) is 26.4 Å². The molecule has 0 saturated heterocycles. The Morgan fingerprint density at radius 1 is 1.00 bits per heavy atom. The molecular formula is C23H20BrN3O4. The van der Waals surface area contributed by atoms with Gasteiger partial charge in [0.15, 0.2) is 0 Å². The van der Waals surface area contributed by atoms with E-state index in [1.807, 2.05) is 24.3 Å². The number of methoxy groups -OCH3 is 1.